The van der Waals surface area contributed by atoms with E-state index in [1.807, 2.05) is 31.2 Å². The largest absolute Gasteiger partial charge is 0.508 e. The minimum Gasteiger partial charge on any atom is -0.508 e. The SMILES string of the molecule is COC1NC(=O)[C@@H]2[C@@H](O)[C@@H](C)CN2C(=O)[C@H](CO)NC(=O)[C@H]([C@H](O)Cc2ccc(O)cc2)NC(=O)[C@@H]2C[C@@H](O)CN2C(=O)[C@H]([C@@H](C)O)NC(=O)C(NC(=O)c2ccc(-c3ccc(C)cc3)cc2)CC1O. The lowest BCUT2D eigenvalue weighted by Gasteiger charge is -2.32. The summed E-state index contributed by atoms with van der Waals surface area (Å²) in [4.78, 5) is 101. The van der Waals surface area contributed by atoms with Crippen molar-refractivity contribution in [2.75, 3.05) is 26.8 Å². The number of fused-ring (bicyclic) bond motifs is 2. The first-order valence-electron chi connectivity index (χ1n) is 22.8. The maximum Gasteiger partial charge on any atom is 0.251 e. The highest BCUT2D eigenvalue weighted by molar-refractivity contribution is 6.00. The van der Waals surface area contributed by atoms with Crippen LogP contribution in [0.5, 0.6) is 5.75 Å². The van der Waals surface area contributed by atoms with Gasteiger partial charge in [0.2, 0.25) is 35.4 Å². The van der Waals surface area contributed by atoms with Crippen molar-refractivity contribution in [1.82, 2.24) is 36.4 Å². The molecule has 12 N–H and O–H groups in total. The van der Waals surface area contributed by atoms with Crippen LogP contribution in [0.4, 0.5) is 0 Å². The Hall–Kier alpha value is -6.53. The van der Waals surface area contributed by atoms with E-state index in [-0.39, 0.29) is 24.3 Å². The maximum absolute atomic E-state index is 14.4. The summed E-state index contributed by atoms with van der Waals surface area (Å²) in [6, 6.07) is 8.83. The van der Waals surface area contributed by atoms with E-state index >= 15 is 0 Å². The molecule has 3 aliphatic rings. The second-order valence-electron chi connectivity index (χ2n) is 18.1. The van der Waals surface area contributed by atoms with Crippen LogP contribution in [0.25, 0.3) is 11.1 Å². The molecule has 7 amide bonds. The van der Waals surface area contributed by atoms with Crippen LogP contribution in [-0.4, -0.2) is 187 Å². The zero-order valence-corrected chi connectivity index (χ0v) is 39.0. The molecule has 70 heavy (non-hydrogen) atoms. The Balaban J connectivity index is 1.37. The number of nitrogens with one attached hydrogen (secondary N) is 5. The zero-order valence-electron chi connectivity index (χ0n) is 39.0. The van der Waals surface area contributed by atoms with Crippen molar-refractivity contribution in [3.8, 4) is 16.9 Å². The quantitative estimate of drug-likeness (QED) is 0.101. The molecule has 0 spiro atoms. The number of hydrogen-bond acceptors (Lipinski definition) is 15. The average Bonchev–Trinajstić information content (AvgIpc) is 3.88. The average molecular weight is 976 g/mol. The number of phenols is 1. The van der Waals surface area contributed by atoms with Gasteiger partial charge in [0.25, 0.3) is 5.91 Å². The molecular formula is C48H61N7O15. The third-order valence-corrected chi connectivity index (χ3v) is 12.9. The number of ether oxygens (including phenoxy) is 1. The topological polar surface area (TPSA) is 337 Å². The molecule has 13 atom stereocenters. The number of amides is 7. The van der Waals surface area contributed by atoms with Gasteiger partial charge in [-0.1, -0.05) is 61.0 Å². The summed E-state index contributed by atoms with van der Waals surface area (Å²) in [6.45, 7) is 2.77. The first kappa shape index (κ1) is 52.8. The van der Waals surface area contributed by atoms with Gasteiger partial charge in [-0.15, -0.1) is 0 Å². The highest BCUT2D eigenvalue weighted by atomic mass is 16.5. The molecule has 3 unspecified atom stereocenters. The summed E-state index contributed by atoms with van der Waals surface area (Å²) in [5.41, 5.74) is 3.14. The molecule has 0 bridgehead atoms. The normalized spacial score (nSPS) is 29.4. The predicted octanol–water partition coefficient (Wildman–Crippen LogP) is -3.08. The van der Waals surface area contributed by atoms with Crippen LogP contribution in [0.3, 0.4) is 0 Å². The third-order valence-electron chi connectivity index (χ3n) is 12.9. The summed E-state index contributed by atoms with van der Waals surface area (Å²) in [5, 5.41) is 88.5. The van der Waals surface area contributed by atoms with Crippen LogP contribution in [0.2, 0.25) is 0 Å². The van der Waals surface area contributed by atoms with E-state index in [2.05, 4.69) is 26.6 Å². The number of aliphatic hydroxyl groups is 6. The Morgan fingerprint density at radius 2 is 1.37 bits per heavy atom. The van der Waals surface area contributed by atoms with Gasteiger partial charge in [0, 0.05) is 50.9 Å². The molecule has 0 radical (unpaired) electrons. The first-order chi connectivity index (χ1) is 33.2. The van der Waals surface area contributed by atoms with E-state index in [1.54, 1.807) is 12.1 Å². The molecule has 0 saturated carbocycles. The van der Waals surface area contributed by atoms with Crippen LogP contribution in [0.15, 0.2) is 72.8 Å². The van der Waals surface area contributed by atoms with Crippen molar-refractivity contribution >= 4 is 41.4 Å². The van der Waals surface area contributed by atoms with Gasteiger partial charge in [-0.2, -0.15) is 0 Å². The van der Waals surface area contributed by atoms with Gasteiger partial charge < -0.3 is 76.9 Å². The van der Waals surface area contributed by atoms with Crippen LogP contribution in [0.1, 0.15) is 48.2 Å². The molecule has 0 aliphatic carbocycles. The fourth-order valence-electron chi connectivity index (χ4n) is 8.84. The summed E-state index contributed by atoms with van der Waals surface area (Å²) in [7, 11) is 1.09. The van der Waals surface area contributed by atoms with E-state index in [1.165, 1.54) is 43.3 Å². The van der Waals surface area contributed by atoms with E-state index in [0.717, 1.165) is 40.5 Å². The van der Waals surface area contributed by atoms with E-state index in [0.29, 0.717) is 5.56 Å². The van der Waals surface area contributed by atoms with E-state index in [4.69, 9.17) is 4.74 Å². The zero-order chi connectivity index (χ0) is 51.1. The smallest absolute Gasteiger partial charge is 0.251 e. The highest BCUT2D eigenvalue weighted by Gasteiger charge is 2.49. The Kier molecular flexibility index (Phi) is 17.3. The van der Waals surface area contributed by atoms with Crippen molar-refractivity contribution in [2.45, 2.75) is 113 Å². The third kappa shape index (κ3) is 12.2. The van der Waals surface area contributed by atoms with Crippen molar-refractivity contribution in [2.24, 2.45) is 5.92 Å². The molecule has 0 aromatic heterocycles. The van der Waals surface area contributed by atoms with Gasteiger partial charge in [0.15, 0.2) is 6.23 Å². The van der Waals surface area contributed by atoms with Crippen molar-refractivity contribution in [1.29, 1.82) is 0 Å². The number of aromatic hydroxyl groups is 1. The van der Waals surface area contributed by atoms with Crippen molar-refractivity contribution < 1.29 is 74.0 Å². The molecular weight excluding hydrogens is 915 g/mol. The highest BCUT2D eigenvalue weighted by Crippen LogP contribution is 2.27. The van der Waals surface area contributed by atoms with Gasteiger partial charge in [0.05, 0.1) is 31.0 Å². The second-order valence-corrected chi connectivity index (χ2v) is 18.1. The van der Waals surface area contributed by atoms with Crippen molar-refractivity contribution in [3.05, 3.63) is 89.5 Å². The summed E-state index contributed by atoms with van der Waals surface area (Å²) >= 11 is 0. The number of aliphatic hydroxyl groups excluding tert-OH is 6. The number of carbonyl (C=O) groups is 7. The summed E-state index contributed by atoms with van der Waals surface area (Å²) < 4.78 is 5.41. The molecule has 22 heteroatoms. The number of nitrogens with zero attached hydrogens (tertiary/aromatic N) is 2. The number of carbonyl (C=O) groups excluding carboxylic acids is 7. The molecule has 3 aromatic carbocycles. The van der Waals surface area contributed by atoms with Gasteiger partial charge in [0.1, 0.15) is 48.1 Å². The van der Waals surface area contributed by atoms with Crippen LogP contribution in [0, 0.1) is 12.8 Å². The number of phenolic OH excluding ortho intramolecular Hbond substituents is 1. The Bertz CT molecular complexity index is 2370. The summed E-state index contributed by atoms with van der Waals surface area (Å²) in [6.07, 6.45) is -11.4. The van der Waals surface area contributed by atoms with Crippen LogP contribution >= 0.6 is 0 Å². The van der Waals surface area contributed by atoms with Crippen LogP contribution < -0.4 is 26.6 Å². The molecule has 378 valence electrons. The molecule has 22 nitrogen and oxygen atoms in total. The van der Waals surface area contributed by atoms with Crippen LogP contribution in [-0.2, 0) is 39.9 Å². The fourth-order valence-corrected chi connectivity index (χ4v) is 8.84. The van der Waals surface area contributed by atoms with Crippen molar-refractivity contribution in [3.63, 3.8) is 0 Å². The Morgan fingerprint density at radius 3 is 1.97 bits per heavy atom. The summed E-state index contributed by atoms with van der Waals surface area (Å²) in [5.74, 6) is -8.33. The molecule has 3 aliphatic heterocycles. The number of benzene rings is 3. The molecule has 3 saturated heterocycles. The number of methoxy groups -OCH3 is 1. The predicted molar refractivity (Wildman–Crippen MR) is 247 cm³/mol. The van der Waals surface area contributed by atoms with Gasteiger partial charge >= 0.3 is 0 Å². The lowest BCUT2D eigenvalue weighted by atomic mass is 10.00. The monoisotopic (exact) mass is 975 g/mol. The van der Waals surface area contributed by atoms with Gasteiger partial charge in [-0.25, -0.2) is 0 Å². The standard InChI is InChI=1S/C48H61N7O15/c1-23-5-9-27(10-6-23)28-11-13-29(14-12-28)41(63)49-32-19-36(61)46(70-4)53-45(67)39-40(62)24(2)20-55(39)47(68)33(22-56)50-44(66)38(35(60)17-26-7-15-30(58)16-8-26)52-43(65)34-18-31(59)21-54(34)48(69)37(25(3)57)51-42(32)64/h5-16,24-25,31-40,46,56-62H,17-22H2,1-4H3,(H,49,63)(H,50,66)(H,51,64)(H,52,65)(H,53,67)/t24-,25+,31+,32?,33-,34-,35+,36?,37-,38-,39-,40-,46?/m0/s1. The van der Waals surface area contributed by atoms with Gasteiger partial charge in [-0.3, -0.25) is 33.6 Å². The minimum atomic E-state index is -1.94. The minimum absolute atomic E-state index is 0.0786. The molecule has 3 fully saturated rings. The number of hydrogen-bond donors (Lipinski definition) is 12. The second kappa shape index (κ2) is 22.9. The lowest BCUT2D eigenvalue weighted by Crippen LogP contribution is -2.63. The van der Waals surface area contributed by atoms with E-state index in [9.17, 15) is 69.3 Å². The Labute approximate surface area is 403 Å². The maximum atomic E-state index is 14.4. The molecule has 6 rings (SSSR count). The van der Waals surface area contributed by atoms with Gasteiger partial charge in [-0.05, 0) is 54.8 Å². The number of rotatable bonds is 9. The fraction of sp³-hybridized carbons (Fsp3) is 0.479. The Morgan fingerprint density at radius 1 is 0.757 bits per heavy atom. The first-order valence-corrected chi connectivity index (χ1v) is 22.8. The van der Waals surface area contributed by atoms with E-state index < -0.39 is 146 Å². The lowest BCUT2D eigenvalue weighted by molar-refractivity contribution is -0.147. The molecule has 3 heterocycles. The number of aryl methyl sites for hydroxylation is 1. The molecule has 3 aromatic rings.